The fourth-order valence-electron chi connectivity index (χ4n) is 3.53. The molecular weight excluding hydrogens is 576 g/mol. The summed E-state index contributed by atoms with van der Waals surface area (Å²) in [5.41, 5.74) is 2.70. The van der Waals surface area contributed by atoms with Gasteiger partial charge in [-0.2, -0.15) is 0 Å². The number of esters is 1. The van der Waals surface area contributed by atoms with Gasteiger partial charge in [0, 0.05) is 27.5 Å². The Morgan fingerprint density at radius 2 is 1.81 bits per heavy atom. The number of ether oxygens (including phenoxy) is 2. The first-order chi connectivity index (χ1) is 17.9. The number of benzene rings is 2. The van der Waals surface area contributed by atoms with E-state index in [-0.39, 0.29) is 11.7 Å². The predicted molar refractivity (Wildman–Crippen MR) is 150 cm³/mol. The molecule has 0 spiro atoms. The molecule has 0 saturated heterocycles. The van der Waals surface area contributed by atoms with E-state index >= 15 is 0 Å². The van der Waals surface area contributed by atoms with Gasteiger partial charge in [0.05, 0.1) is 20.0 Å². The summed E-state index contributed by atoms with van der Waals surface area (Å²) in [5, 5.41) is 14.3. The zero-order valence-electron chi connectivity index (χ0n) is 20.1. The van der Waals surface area contributed by atoms with Crippen molar-refractivity contribution in [3.05, 3.63) is 76.6 Å². The summed E-state index contributed by atoms with van der Waals surface area (Å²) < 4.78 is 13.1. The summed E-state index contributed by atoms with van der Waals surface area (Å²) in [6, 6.07) is 15.1. The van der Waals surface area contributed by atoms with E-state index in [1.54, 1.807) is 13.2 Å². The van der Waals surface area contributed by atoms with Crippen LogP contribution in [0.2, 0.25) is 0 Å². The van der Waals surface area contributed by atoms with Gasteiger partial charge >= 0.3 is 5.97 Å². The van der Waals surface area contributed by atoms with Crippen molar-refractivity contribution < 1.29 is 19.1 Å². The molecule has 0 bridgehead atoms. The zero-order valence-corrected chi connectivity index (χ0v) is 23.3. The van der Waals surface area contributed by atoms with E-state index in [0.29, 0.717) is 39.4 Å². The van der Waals surface area contributed by atoms with Gasteiger partial charge in [-0.15, -0.1) is 28.1 Å². The number of nitrogens with one attached hydrogen (secondary N) is 1. The number of methoxy groups -OCH3 is 2. The molecule has 190 valence electrons. The van der Waals surface area contributed by atoms with Gasteiger partial charge in [0.1, 0.15) is 16.3 Å². The molecule has 2 aromatic carbocycles. The van der Waals surface area contributed by atoms with Crippen molar-refractivity contribution in [2.75, 3.05) is 25.3 Å². The number of carbonyl (C=O) groups excluding carboxylic acids is 2. The second-order valence-electron chi connectivity index (χ2n) is 7.62. The number of carbonyl (C=O) groups is 2. The maximum atomic E-state index is 12.9. The smallest absolute Gasteiger partial charge is 0.341 e. The molecule has 0 aliphatic rings. The highest BCUT2D eigenvalue weighted by molar-refractivity contribution is 9.10. The first-order valence-electron chi connectivity index (χ1n) is 11.0. The van der Waals surface area contributed by atoms with Crippen molar-refractivity contribution in [3.63, 3.8) is 0 Å². The van der Waals surface area contributed by atoms with Crippen LogP contribution in [0, 0.1) is 0 Å². The fraction of sp³-hybridized carbons (Fsp3) is 0.154. The van der Waals surface area contributed by atoms with E-state index in [2.05, 4.69) is 38.0 Å². The van der Waals surface area contributed by atoms with Crippen LogP contribution < -0.4 is 10.1 Å². The second kappa shape index (κ2) is 12.2. The van der Waals surface area contributed by atoms with Gasteiger partial charge < -0.3 is 14.8 Å². The molecule has 0 atom stereocenters. The predicted octanol–water partition coefficient (Wildman–Crippen LogP) is 6.15. The molecule has 1 amide bonds. The van der Waals surface area contributed by atoms with Crippen LogP contribution in [0.25, 0.3) is 22.5 Å². The minimum Gasteiger partial charge on any atom is -0.497 e. The first-order valence-corrected chi connectivity index (χ1v) is 13.7. The van der Waals surface area contributed by atoms with Crippen LogP contribution in [-0.4, -0.2) is 46.6 Å². The Kier molecular flexibility index (Phi) is 8.80. The largest absolute Gasteiger partial charge is 0.497 e. The van der Waals surface area contributed by atoms with Crippen LogP contribution in [0.4, 0.5) is 5.00 Å². The average Bonchev–Trinajstić information content (AvgIpc) is 3.52. The first kappa shape index (κ1) is 26.6. The van der Waals surface area contributed by atoms with Crippen LogP contribution >= 0.6 is 39.0 Å². The number of nitrogens with zero attached hydrogens (tertiary/aromatic N) is 3. The monoisotopic (exact) mass is 598 g/mol. The van der Waals surface area contributed by atoms with Crippen molar-refractivity contribution in [2.45, 2.75) is 11.7 Å². The number of halogens is 1. The van der Waals surface area contributed by atoms with Gasteiger partial charge in [0.25, 0.3) is 0 Å². The number of anilines is 1. The molecule has 4 aromatic rings. The lowest BCUT2D eigenvalue weighted by atomic mass is 10.0. The normalized spacial score (nSPS) is 10.7. The number of hydrogen-bond acceptors (Lipinski definition) is 8. The number of thioether (sulfide) groups is 1. The minimum absolute atomic E-state index is 0.0754. The molecule has 1 N–H and O–H groups in total. The molecule has 0 saturated carbocycles. The highest BCUT2D eigenvalue weighted by Gasteiger charge is 2.23. The van der Waals surface area contributed by atoms with E-state index < -0.39 is 5.97 Å². The fourth-order valence-corrected chi connectivity index (χ4v) is 5.52. The summed E-state index contributed by atoms with van der Waals surface area (Å²) in [4.78, 5) is 25.5. The average molecular weight is 600 g/mol. The Morgan fingerprint density at radius 1 is 1.11 bits per heavy atom. The van der Waals surface area contributed by atoms with Crippen molar-refractivity contribution >= 4 is 55.9 Å². The summed E-state index contributed by atoms with van der Waals surface area (Å²) in [7, 11) is 2.90. The number of thiophene rings is 1. The molecule has 37 heavy (non-hydrogen) atoms. The van der Waals surface area contributed by atoms with E-state index in [1.165, 1.54) is 30.2 Å². The van der Waals surface area contributed by atoms with Gasteiger partial charge in [-0.1, -0.05) is 58.0 Å². The topological polar surface area (TPSA) is 95.3 Å². The molecule has 0 fully saturated rings. The van der Waals surface area contributed by atoms with Crippen LogP contribution in [0.1, 0.15) is 10.4 Å². The Morgan fingerprint density at radius 3 is 2.46 bits per heavy atom. The Labute approximate surface area is 230 Å². The molecule has 0 radical (unpaired) electrons. The molecule has 0 aliphatic heterocycles. The van der Waals surface area contributed by atoms with Gasteiger partial charge in [-0.05, 0) is 29.8 Å². The highest BCUT2D eigenvalue weighted by Crippen LogP contribution is 2.37. The van der Waals surface area contributed by atoms with Crippen LogP contribution in [0.5, 0.6) is 5.75 Å². The van der Waals surface area contributed by atoms with E-state index in [4.69, 9.17) is 9.47 Å². The summed E-state index contributed by atoms with van der Waals surface area (Å²) in [6.45, 7) is 4.32. The lowest BCUT2D eigenvalue weighted by Crippen LogP contribution is -2.16. The molecular formula is C26H23BrN4O4S2. The molecule has 11 heteroatoms. The van der Waals surface area contributed by atoms with Crippen molar-refractivity contribution in [3.8, 4) is 28.3 Å². The summed E-state index contributed by atoms with van der Waals surface area (Å²) in [6.07, 6.45) is 1.75. The van der Waals surface area contributed by atoms with Crippen LogP contribution in [0.15, 0.2) is 76.2 Å². The molecule has 4 rings (SSSR count). The molecule has 2 heterocycles. The van der Waals surface area contributed by atoms with Crippen LogP contribution in [0.3, 0.4) is 0 Å². The lowest BCUT2D eigenvalue weighted by Gasteiger charge is -2.09. The number of rotatable bonds is 10. The summed E-state index contributed by atoms with van der Waals surface area (Å²) >= 11 is 5.96. The van der Waals surface area contributed by atoms with Crippen molar-refractivity contribution in [1.82, 2.24) is 14.8 Å². The Balaban J connectivity index is 1.51. The van der Waals surface area contributed by atoms with E-state index in [0.717, 1.165) is 15.6 Å². The third-order valence-corrected chi connectivity index (χ3v) is 7.69. The number of aromatic nitrogens is 3. The van der Waals surface area contributed by atoms with Crippen molar-refractivity contribution in [2.24, 2.45) is 0 Å². The minimum atomic E-state index is -0.528. The molecule has 8 nitrogen and oxygen atoms in total. The number of hydrogen-bond donors (Lipinski definition) is 1. The maximum absolute atomic E-state index is 12.9. The summed E-state index contributed by atoms with van der Waals surface area (Å²) in [5.74, 6) is 0.658. The third kappa shape index (κ3) is 6.12. The SMILES string of the molecule is C=CCn1c(SCC(=O)Nc2scc(-c3ccc(OC)cc3)c2C(=O)OC)nnc1-c1ccc(Br)cc1. The molecule has 0 unspecified atom stereocenters. The van der Waals surface area contributed by atoms with Crippen molar-refractivity contribution in [1.29, 1.82) is 0 Å². The number of amides is 1. The van der Waals surface area contributed by atoms with Gasteiger partial charge in [-0.25, -0.2) is 4.79 Å². The quantitative estimate of drug-likeness (QED) is 0.133. The highest BCUT2D eigenvalue weighted by atomic mass is 79.9. The molecule has 0 aliphatic carbocycles. The van der Waals surface area contributed by atoms with E-state index in [9.17, 15) is 9.59 Å². The van der Waals surface area contributed by atoms with Crippen LogP contribution in [-0.2, 0) is 16.1 Å². The third-order valence-electron chi connectivity index (χ3n) is 5.30. The standard InChI is InChI=1S/C26H23BrN4O4S2/c1-4-13-31-23(17-5-9-18(27)10-6-17)29-30-26(31)37-15-21(32)28-24-22(25(33)35-3)20(14-36-24)16-7-11-19(34-2)12-8-16/h4-12,14H,1,13,15H2,2-3H3,(H,28,32). The van der Waals surface area contributed by atoms with E-state index in [1.807, 2.05) is 58.5 Å². The van der Waals surface area contributed by atoms with Gasteiger partial charge in [-0.3, -0.25) is 9.36 Å². The Hall–Kier alpha value is -3.41. The number of allylic oxidation sites excluding steroid dienone is 1. The zero-order chi connectivity index (χ0) is 26.4. The Bertz CT molecular complexity index is 1420. The van der Waals surface area contributed by atoms with Gasteiger partial charge in [0.15, 0.2) is 11.0 Å². The maximum Gasteiger partial charge on any atom is 0.341 e. The molecule has 2 aromatic heterocycles. The lowest BCUT2D eigenvalue weighted by molar-refractivity contribution is -0.113. The second-order valence-corrected chi connectivity index (χ2v) is 10.4. The van der Waals surface area contributed by atoms with Gasteiger partial charge in [0.2, 0.25) is 5.91 Å².